The van der Waals surface area contributed by atoms with Crippen molar-refractivity contribution in [1.29, 1.82) is 5.41 Å². The van der Waals surface area contributed by atoms with E-state index >= 15 is 0 Å². The first-order valence-electron chi connectivity index (χ1n) is 7.25. The predicted molar refractivity (Wildman–Crippen MR) is 89.9 cm³/mol. The fourth-order valence-electron chi connectivity index (χ4n) is 2.31. The Morgan fingerprint density at radius 1 is 1.12 bits per heavy atom. The van der Waals surface area contributed by atoms with Gasteiger partial charge in [0.05, 0.1) is 0 Å². The third-order valence-corrected chi connectivity index (χ3v) is 3.50. The number of benzene rings is 2. The van der Waals surface area contributed by atoms with Gasteiger partial charge in [-0.3, -0.25) is 15.0 Å². The normalized spacial score (nSPS) is 10.3. The van der Waals surface area contributed by atoms with Gasteiger partial charge in [-0.25, -0.2) is 4.39 Å². The number of rotatable bonds is 7. The second kappa shape index (κ2) is 7.43. The van der Waals surface area contributed by atoms with Gasteiger partial charge < -0.3 is 21.9 Å². The van der Waals surface area contributed by atoms with Gasteiger partial charge in [0.25, 0.3) is 5.91 Å². The lowest BCUT2D eigenvalue weighted by atomic mass is 9.97. The number of amides is 2. The largest absolute Gasteiger partial charge is 0.483 e. The average Bonchev–Trinajstić information content (AvgIpc) is 2.55. The molecule has 0 aromatic heterocycles. The third kappa shape index (κ3) is 4.31. The summed E-state index contributed by atoms with van der Waals surface area (Å²) in [6.07, 6.45) is -0.00275. The molecule has 2 amide bonds. The van der Waals surface area contributed by atoms with Gasteiger partial charge >= 0.3 is 0 Å². The van der Waals surface area contributed by atoms with Crippen molar-refractivity contribution in [2.45, 2.75) is 6.42 Å². The number of hydrogen-bond acceptors (Lipinski definition) is 4. The summed E-state index contributed by atoms with van der Waals surface area (Å²) >= 11 is 0. The van der Waals surface area contributed by atoms with Crippen LogP contribution in [-0.4, -0.2) is 24.3 Å². The topological polar surface area (TPSA) is 145 Å². The maximum Gasteiger partial charge on any atom is 0.255 e. The highest BCUT2D eigenvalue weighted by Gasteiger charge is 2.16. The van der Waals surface area contributed by atoms with Gasteiger partial charge in [-0.05, 0) is 23.8 Å². The summed E-state index contributed by atoms with van der Waals surface area (Å²) in [5.41, 5.74) is 16.8. The minimum atomic E-state index is -0.755. The summed E-state index contributed by atoms with van der Waals surface area (Å²) in [4.78, 5) is 22.5. The number of nitrogens with one attached hydrogen (secondary N) is 1. The van der Waals surface area contributed by atoms with E-state index in [4.69, 9.17) is 27.3 Å². The van der Waals surface area contributed by atoms with Crippen LogP contribution < -0.4 is 21.9 Å². The summed E-state index contributed by atoms with van der Waals surface area (Å²) in [5.74, 6) is -2.02. The number of halogens is 1. The highest BCUT2D eigenvalue weighted by atomic mass is 19.1. The zero-order valence-electron chi connectivity index (χ0n) is 13.2. The van der Waals surface area contributed by atoms with Crippen molar-refractivity contribution >= 4 is 17.6 Å². The molecule has 0 spiro atoms. The molecule has 0 unspecified atom stereocenters. The molecule has 0 aliphatic rings. The van der Waals surface area contributed by atoms with Gasteiger partial charge in [0.2, 0.25) is 5.91 Å². The SMILES string of the molecule is N=C(N)c1ccc(Cc2c(F)cccc2C(N)=O)c(OCC(N)=O)c1. The van der Waals surface area contributed by atoms with E-state index < -0.39 is 24.2 Å². The lowest BCUT2D eigenvalue weighted by Gasteiger charge is -2.14. The van der Waals surface area contributed by atoms with Gasteiger partial charge in [0.1, 0.15) is 17.4 Å². The molecule has 2 aromatic rings. The third-order valence-electron chi connectivity index (χ3n) is 3.50. The van der Waals surface area contributed by atoms with E-state index in [9.17, 15) is 14.0 Å². The Labute approximate surface area is 143 Å². The Morgan fingerprint density at radius 3 is 2.44 bits per heavy atom. The van der Waals surface area contributed by atoms with Crippen LogP contribution in [0.25, 0.3) is 0 Å². The molecular formula is C17H17FN4O3. The van der Waals surface area contributed by atoms with E-state index in [1.807, 2.05) is 0 Å². The highest BCUT2D eigenvalue weighted by Crippen LogP contribution is 2.26. The molecule has 0 bridgehead atoms. The van der Waals surface area contributed by atoms with Crippen LogP contribution in [0.2, 0.25) is 0 Å². The lowest BCUT2D eigenvalue weighted by molar-refractivity contribution is -0.119. The summed E-state index contributed by atoms with van der Waals surface area (Å²) in [6, 6.07) is 8.61. The molecule has 7 N–H and O–H groups in total. The second-order valence-electron chi connectivity index (χ2n) is 5.30. The van der Waals surface area contributed by atoms with Crippen LogP contribution in [0.5, 0.6) is 5.75 Å². The second-order valence-corrected chi connectivity index (χ2v) is 5.30. The molecule has 25 heavy (non-hydrogen) atoms. The number of primary amides is 2. The maximum atomic E-state index is 14.2. The summed E-state index contributed by atoms with van der Waals surface area (Å²) < 4.78 is 19.5. The Hall–Kier alpha value is -3.42. The van der Waals surface area contributed by atoms with E-state index in [1.165, 1.54) is 24.3 Å². The molecular weight excluding hydrogens is 327 g/mol. The van der Waals surface area contributed by atoms with Gasteiger partial charge in [-0.15, -0.1) is 0 Å². The number of nitrogen functional groups attached to an aromatic ring is 1. The van der Waals surface area contributed by atoms with Crippen molar-refractivity contribution < 1.29 is 18.7 Å². The zero-order chi connectivity index (χ0) is 18.6. The van der Waals surface area contributed by atoms with Crippen molar-refractivity contribution in [3.63, 3.8) is 0 Å². The fourth-order valence-corrected chi connectivity index (χ4v) is 2.31. The van der Waals surface area contributed by atoms with Gasteiger partial charge in [-0.2, -0.15) is 0 Å². The van der Waals surface area contributed by atoms with Gasteiger partial charge in [0.15, 0.2) is 6.61 Å². The molecule has 0 radical (unpaired) electrons. The highest BCUT2D eigenvalue weighted by molar-refractivity contribution is 5.96. The summed E-state index contributed by atoms with van der Waals surface area (Å²) in [6.45, 7) is -0.395. The minimum Gasteiger partial charge on any atom is -0.483 e. The van der Waals surface area contributed by atoms with Crippen molar-refractivity contribution in [3.05, 3.63) is 64.5 Å². The van der Waals surface area contributed by atoms with Crippen LogP contribution in [0.3, 0.4) is 0 Å². The Balaban J connectivity index is 2.47. The number of ether oxygens (including phenoxy) is 1. The average molecular weight is 344 g/mol. The van der Waals surface area contributed by atoms with Crippen LogP contribution in [0.1, 0.15) is 27.0 Å². The fraction of sp³-hybridized carbons (Fsp3) is 0.118. The molecule has 2 rings (SSSR count). The molecule has 8 heteroatoms. The number of carbonyl (C=O) groups excluding carboxylic acids is 2. The van der Waals surface area contributed by atoms with Gasteiger partial charge in [-0.1, -0.05) is 18.2 Å². The van der Waals surface area contributed by atoms with E-state index in [0.29, 0.717) is 11.1 Å². The Bertz CT molecular complexity index is 852. The van der Waals surface area contributed by atoms with Crippen LogP contribution >= 0.6 is 0 Å². The van der Waals surface area contributed by atoms with Crippen molar-refractivity contribution in [2.24, 2.45) is 17.2 Å². The van der Waals surface area contributed by atoms with Crippen LogP contribution in [0, 0.1) is 11.2 Å². The van der Waals surface area contributed by atoms with E-state index in [-0.39, 0.29) is 29.1 Å². The minimum absolute atomic E-state index is 0.00275. The first-order valence-corrected chi connectivity index (χ1v) is 7.25. The molecule has 7 nitrogen and oxygen atoms in total. The van der Waals surface area contributed by atoms with E-state index in [2.05, 4.69) is 0 Å². The number of carbonyl (C=O) groups is 2. The quantitative estimate of drug-likeness (QED) is 0.432. The summed E-state index contributed by atoms with van der Waals surface area (Å²) in [7, 11) is 0. The number of hydrogen-bond donors (Lipinski definition) is 4. The smallest absolute Gasteiger partial charge is 0.255 e. The van der Waals surface area contributed by atoms with E-state index in [0.717, 1.165) is 0 Å². The first-order chi connectivity index (χ1) is 11.8. The number of amidine groups is 1. The monoisotopic (exact) mass is 344 g/mol. The van der Waals surface area contributed by atoms with Crippen molar-refractivity contribution in [1.82, 2.24) is 0 Å². The molecule has 0 aliphatic heterocycles. The number of nitrogens with two attached hydrogens (primary N) is 3. The van der Waals surface area contributed by atoms with Gasteiger partial charge in [0, 0.05) is 23.1 Å². The first kappa shape index (κ1) is 17.9. The predicted octanol–water partition coefficient (Wildman–Crippen LogP) is 0.664. The molecule has 0 saturated heterocycles. The maximum absolute atomic E-state index is 14.2. The zero-order valence-corrected chi connectivity index (χ0v) is 13.2. The lowest BCUT2D eigenvalue weighted by Crippen LogP contribution is -2.21. The standard InChI is InChI=1S/C17H17FN4O3/c18-13-3-1-2-11(17(22)24)12(13)6-9-4-5-10(16(20)21)7-14(9)25-8-15(19)23/h1-5,7H,6,8H2,(H2,19,23)(H3,20,21)(H2,22,24). The van der Waals surface area contributed by atoms with E-state index in [1.54, 1.807) is 12.1 Å². The molecule has 0 fully saturated rings. The molecule has 0 aliphatic carbocycles. The van der Waals surface area contributed by atoms with Crippen molar-refractivity contribution in [2.75, 3.05) is 6.61 Å². The Kier molecular flexibility index (Phi) is 5.33. The Morgan fingerprint density at radius 2 is 1.84 bits per heavy atom. The van der Waals surface area contributed by atoms with Crippen LogP contribution in [0.4, 0.5) is 4.39 Å². The summed E-state index contributed by atoms with van der Waals surface area (Å²) in [5, 5.41) is 7.47. The molecule has 0 saturated carbocycles. The molecule has 130 valence electrons. The molecule has 0 atom stereocenters. The molecule has 2 aromatic carbocycles. The van der Waals surface area contributed by atoms with Crippen LogP contribution in [0.15, 0.2) is 36.4 Å². The van der Waals surface area contributed by atoms with Crippen molar-refractivity contribution in [3.8, 4) is 5.75 Å². The molecule has 0 heterocycles. The van der Waals surface area contributed by atoms with Crippen LogP contribution in [-0.2, 0) is 11.2 Å².